The Morgan fingerprint density at radius 1 is 1.09 bits per heavy atom. The molecule has 0 aromatic carbocycles. The Morgan fingerprint density at radius 2 is 1.59 bits per heavy atom. The van der Waals surface area contributed by atoms with Crippen molar-refractivity contribution in [1.29, 1.82) is 0 Å². The van der Waals surface area contributed by atoms with Crippen LogP contribution < -0.4 is 5.73 Å². The van der Waals surface area contributed by atoms with Crippen LogP contribution >= 0.6 is 24.8 Å². The van der Waals surface area contributed by atoms with E-state index in [9.17, 15) is 4.79 Å². The zero-order valence-electron chi connectivity index (χ0n) is 13.9. The molecule has 0 aromatic rings. The Kier molecular flexibility index (Phi) is 9.25. The highest BCUT2D eigenvalue weighted by molar-refractivity contribution is 5.85. The van der Waals surface area contributed by atoms with E-state index in [0.717, 1.165) is 52.2 Å². The molecule has 0 saturated carbocycles. The molecule has 0 spiro atoms. The molecule has 22 heavy (non-hydrogen) atoms. The predicted molar refractivity (Wildman–Crippen MR) is 93.9 cm³/mol. The summed E-state index contributed by atoms with van der Waals surface area (Å²) in [6.07, 6.45) is 2.24. The van der Waals surface area contributed by atoms with E-state index in [2.05, 4.69) is 4.90 Å². The highest BCUT2D eigenvalue weighted by atomic mass is 35.5. The molecule has 0 aliphatic carbocycles. The molecular weight excluding hydrogens is 325 g/mol. The van der Waals surface area contributed by atoms with Crippen molar-refractivity contribution in [3.8, 4) is 0 Å². The van der Waals surface area contributed by atoms with Gasteiger partial charge in [-0.3, -0.25) is 9.69 Å². The maximum Gasteiger partial charge on any atom is 0.240 e. The molecule has 2 rings (SSSR count). The van der Waals surface area contributed by atoms with Crippen LogP contribution in [-0.4, -0.2) is 67.2 Å². The second-order valence-corrected chi connectivity index (χ2v) is 7.05. The molecule has 0 bridgehead atoms. The van der Waals surface area contributed by atoms with Gasteiger partial charge in [-0.05, 0) is 18.3 Å². The molecule has 5 nitrogen and oxygen atoms in total. The van der Waals surface area contributed by atoms with Gasteiger partial charge in [0.1, 0.15) is 0 Å². The second kappa shape index (κ2) is 9.28. The molecule has 0 unspecified atom stereocenters. The first-order valence-electron chi connectivity index (χ1n) is 7.76. The van der Waals surface area contributed by atoms with E-state index in [1.807, 2.05) is 25.7 Å². The normalized spacial score (nSPS) is 22.5. The zero-order chi connectivity index (χ0) is 14.8. The first-order chi connectivity index (χ1) is 9.39. The average molecular weight is 356 g/mol. The van der Waals surface area contributed by atoms with E-state index >= 15 is 0 Å². The van der Waals surface area contributed by atoms with Crippen molar-refractivity contribution >= 4 is 30.7 Å². The maximum atomic E-state index is 12.4. The minimum absolute atomic E-state index is 0. The number of hydrogen-bond acceptors (Lipinski definition) is 4. The summed E-state index contributed by atoms with van der Waals surface area (Å²) < 4.78 is 5.41. The monoisotopic (exact) mass is 355 g/mol. The lowest BCUT2D eigenvalue weighted by atomic mass is 9.86. The maximum absolute atomic E-state index is 12.4. The largest absolute Gasteiger partial charge is 0.381 e. The summed E-state index contributed by atoms with van der Waals surface area (Å²) in [4.78, 5) is 16.8. The first-order valence-corrected chi connectivity index (χ1v) is 7.76. The Bertz CT molecular complexity index is 336. The third-order valence-corrected chi connectivity index (χ3v) is 4.53. The number of hydrogen-bond donors (Lipinski definition) is 1. The summed E-state index contributed by atoms with van der Waals surface area (Å²) in [5.41, 5.74) is 5.91. The van der Waals surface area contributed by atoms with E-state index < -0.39 is 6.04 Å². The van der Waals surface area contributed by atoms with Crippen LogP contribution in [0.15, 0.2) is 0 Å². The van der Waals surface area contributed by atoms with Crippen molar-refractivity contribution < 1.29 is 9.53 Å². The fourth-order valence-electron chi connectivity index (χ4n) is 2.92. The molecule has 1 amide bonds. The molecule has 7 heteroatoms. The van der Waals surface area contributed by atoms with Gasteiger partial charge in [-0.2, -0.15) is 0 Å². The highest BCUT2D eigenvalue weighted by Crippen LogP contribution is 2.21. The van der Waals surface area contributed by atoms with Gasteiger partial charge >= 0.3 is 0 Å². The minimum Gasteiger partial charge on any atom is -0.381 e. The van der Waals surface area contributed by atoms with Crippen molar-refractivity contribution in [2.75, 3.05) is 39.4 Å². The van der Waals surface area contributed by atoms with Crippen LogP contribution in [0.1, 0.15) is 33.6 Å². The Balaban J connectivity index is 0.00000220. The molecular formula is C15H31Cl2N3O2. The van der Waals surface area contributed by atoms with Gasteiger partial charge in [-0.25, -0.2) is 0 Å². The van der Waals surface area contributed by atoms with Crippen LogP contribution in [0.4, 0.5) is 0 Å². The van der Waals surface area contributed by atoms with Gasteiger partial charge in [-0.15, -0.1) is 24.8 Å². The number of carbonyl (C=O) groups excluding carboxylic acids is 1. The summed E-state index contributed by atoms with van der Waals surface area (Å²) in [5.74, 6) is 0.101. The summed E-state index contributed by atoms with van der Waals surface area (Å²) in [6, 6.07) is 0.231. The molecule has 132 valence electrons. The SMILES string of the molecule is CC(C)(C)[C@H](N)C(=O)N1CCN(C2CCOCC2)CC1.Cl.Cl. The van der Waals surface area contributed by atoms with Gasteiger partial charge in [-0.1, -0.05) is 20.8 Å². The number of rotatable bonds is 2. The number of nitrogens with zero attached hydrogens (tertiary/aromatic N) is 2. The topological polar surface area (TPSA) is 58.8 Å². The molecule has 0 aromatic heterocycles. The van der Waals surface area contributed by atoms with Gasteiger partial charge in [0.05, 0.1) is 6.04 Å². The number of nitrogens with two attached hydrogens (primary N) is 1. The molecule has 2 N–H and O–H groups in total. The Hall–Kier alpha value is -0.0700. The Morgan fingerprint density at radius 3 is 2.05 bits per heavy atom. The lowest BCUT2D eigenvalue weighted by Gasteiger charge is -2.42. The van der Waals surface area contributed by atoms with Gasteiger partial charge in [0, 0.05) is 45.4 Å². The molecule has 2 saturated heterocycles. The molecule has 1 atom stereocenters. The van der Waals surface area contributed by atoms with Crippen molar-refractivity contribution in [2.45, 2.75) is 45.7 Å². The van der Waals surface area contributed by atoms with Gasteiger partial charge in [0.2, 0.25) is 5.91 Å². The second-order valence-electron chi connectivity index (χ2n) is 7.05. The molecule has 2 aliphatic rings. The molecule has 2 fully saturated rings. The van der Waals surface area contributed by atoms with Crippen LogP contribution in [-0.2, 0) is 9.53 Å². The van der Waals surface area contributed by atoms with Gasteiger partial charge in [0.15, 0.2) is 0 Å². The zero-order valence-corrected chi connectivity index (χ0v) is 15.5. The van der Waals surface area contributed by atoms with E-state index in [0.29, 0.717) is 6.04 Å². The highest BCUT2D eigenvalue weighted by Gasteiger charge is 2.33. The van der Waals surface area contributed by atoms with E-state index in [4.69, 9.17) is 10.5 Å². The fourth-order valence-corrected chi connectivity index (χ4v) is 2.92. The Labute approximate surface area is 146 Å². The number of piperazine rings is 1. The number of ether oxygens (including phenoxy) is 1. The van der Waals surface area contributed by atoms with Crippen LogP contribution in [0.3, 0.4) is 0 Å². The van der Waals surface area contributed by atoms with E-state index in [1.165, 1.54) is 0 Å². The van der Waals surface area contributed by atoms with Crippen LogP contribution in [0, 0.1) is 5.41 Å². The van der Waals surface area contributed by atoms with Crippen molar-refractivity contribution in [3.63, 3.8) is 0 Å². The number of halogens is 2. The third kappa shape index (κ3) is 5.53. The van der Waals surface area contributed by atoms with Crippen LogP contribution in [0.2, 0.25) is 0 Å². The molecule has 0 radical (unpaired) electrons. The van der Waals surface area contributed by atoms with Gasteiger partial charge < -0.3 is 15.4 Å². The first kappa shape index (κ1) is 21.9. The number of amides is 1. The summed E-state index contributed by atoms with van der Waals surface area (Å²) in [6.45, 7) is 11.4. The quantitative estimate of drug-likeness (QED) is 0.815. The minimum atomic E-state index is -0.405. The van der Waals surface area contributed by atoms with Crippen molar-refractivity contribution in [3.05, 3.63) is 0 Å². The standard InChI is InChI=1S/C15H29N3O2.2ClH/c1-15(2,3)13(16)14(19)18-8-6-17(7-9-18)12-4-10-20-11-5-12;;/h12-13H,4-11,16H2,1-3H3;2*1H/t13-;;/m1../s1. The third-order valence-electron chi connectivity index (χ3n) is 4.53. The summed E-state index contributed by atoms with van der Waals surface area (Å²) >= 11 is 0. The smallest absolute Gasteiger partial charge is 0.240 e. The van der Waals surface area contributed by atoms with Crippen LogP contribution in [0.25, 0.3) is 0 Å². The summed E-state index contributed by atoms with van der Waals surface area (Å²) in [5, 5.41) is 0. The van der Waals surface area contributed by atoms with E-state index in [-0.39, 0.29) is 36.1 Å². The van der Waals surface area contributed by atoms with Crippen molar-refractivity contribution in [2.24, 2.45) is 11.1 Å². The molecule has 2 heterocycles. The average Bonchev–Trinajstić information content (AvgIpc) is 2.46. The predicted octanol–water partition coefficient (Wildman–Crippen LogP) is 1.53. The van der Waals surface area contributed by atoms with Crippen LogP contribution in [0.5, 0.6) is 0 Å². The summed E-state index contributed by atoms with van der Waals surface area (Å²) in [7, 11) is 0. The lowest BCUT2D eigenvalue weighted by Crippen LogP contribution is -2.58. The lowest BCUT2D eigenvalue weighted by molar-refractivity contribution is -0.137. The van der Waals surface area contributed by atoms with E-state index in [1.54, 1.807) is 0 Å². The fraction of sp³-hybridized carbons (Fsp3) is 0.933. The molecule has 2 aliphatic heterocycles. The van der Waals surface area contributed by atoms with Crippen molar-refractivity contribution in [1.82, 2.24) is 9.80 Å². The van der Waals surface area contributed by atoms with Gasteiger partial charge in [0.25, 0.3) is 0 Å². The number of carbonyl (C=O) groups is 1.